The summed E-state index contributed by atoms with van der Waals surface area (Å²) in [4.78, 5) is 10.6. The molecule has 1 saturated heterocycles. The lowest BCUT2D eigenvalue weighted by Crippen LogP contribution is -2.32. The Morgan fingerprint density at radius 1 is 1.33 bits per heavy atom. The highest BCUT2D eigenvalue weighted by molar-refractivity contribution is 7.13. The molecule has 1 N–H and O–H groups in total. The number of nitrogens with one attached hydrogen (secondary N) is 1. The first kappa shape index (κ1) is 13.0. The highest BCUT2D eigenvalue weighted by Gasteiger charge is 2.19. The summed E-state index contributed by atoms with van der Waals surface area (Å²) in [5, 5.41) is 5.60. The van der Waals surface area contributed by atoms with E-state index in [-0.39, 0.29) is 0 Å². The molecule has 4 heterocycles. The molecule has 1 atom stereocenters. The smallest absolute Gasteiger partial charge is 0.160 e. The van der Waals surface area contributed by atoms with Crippen molar-refractivity contribution in [3.05, 3.63) is 35.8 Å². The van der Waals surface area contributed by atoms with Gasteiger partial charge in [-0.2, -0.15) is 0 Å². The van der Waals surface area contributed by atoms with Crippen LogP contribution in [-0.4, -0.2) is 27.6 Å². The maximum Gasteiger partial charge on any atom is 0.160 e. The maximum absolute atomic E-state index is 4.81. The second-order valence-electron chi connectivity index (χ2n) is 5.58. The van der Waals surface area contributed by atoms with E-state index in [4.69, 9.17) is 4.98 Å². The number of imidazole rings is 1. The summed E-state index contributed by atoms with van der Waals surface area (Å²) >= 11 is 1.74. The number of hydrogen-bond acceptors (Lipinski definition) is 4. The van der Waals surface area contributed by atoms with E-state index in [1.807, 2.05) is 12.3 Å². The molecule has 5 heteroatoms. The molecule has 0 aromatic carbocycles. The largest absolute Gasteiger partial charge is 0.316 e. The molecule has 1 unspecified atom stereocenters. The van der Waals surface area contributed by atoms with E-state index in [2.05, 4.69) is 38.4 Å². The Morgan fingerprint density at radius 3 is 3.14 bits per heavy atom. The minimum atomic E-state index is 0.664. The van der Waals surface area contributed by atoms with E-state index < -0.39 is 0 Å². The number of hydrogen-bond donors (Lipinski definition) is 1. The van der Waals surface area contributed by atoms with E-state index in [1.54, 1.807) is 11.3 Å². The van der Waals surface area contributed by atoms with Gasteiger partial charge in [0.25, 0.3) is 0 Å². The molecule has 1 fully saturated rings. The van der Waals surface area contributed by atoms with Crippen LogP contribution in [0.15, 0.2) is 35.8 Å². The van der Waals surface area contributed by atoms with Gasteiger partial charge in [-0.3, -0.25) is 0 Å². The Morgan fingerprint density at radius 2 is 2.33 bits per heavy atom. The SMILES string of the molecule is c1csc(-c2nc3cccnc3n2CC2CCCNC2)c1. The Balaban J connectivity index is 1.78. The van der Waals surface area contributed by atoms with Crippen LogP contribution in [0.3, 0.4) is 0 Å². The molecular formula is C16H18N4S. The second kappa shape index (κ2) is 5.58. The predicted octanol–water partition coefficient (Wildman–Crippen LogP) is 3.16. The van der Waals surface area contributed by atoms with Gasteiger partial charge in [-0.25, -0.2) is 9.97 Å². The maximum atomic E-state index is 4.81. The van der Waals surface area contributed by atoms with Gasteiger partial charge < -0.3 is 9.88 Å². The lowest BCUT2D eigenvalue weighted by molar-refractivity contribution is 0.341. The van der Waals surface area contributed by atoms with Crippen molar-refractivity contribution in [1.82, 2.24) is 19.9 Å². The highest BCUT2D eigenvalue weighted by Crippen LogP contribution is 2.28. The number of rotatable bonds is 3. The molecular weight excluding hydrogens is 280 g/mol. The van der Waals surface area contributed by atoms with Crippen molar-refractivity contribution in [1.29, 1.82) is 0 Å². The first-order valence-corrected chi connectivity index (χ1v) is 8.35. The lowest BCUT2D eigenvalue weighted by atomic mass is 9.99. The van der Waals surface area contributed by atoms with Gasteiger partial charge in [0.15, 0.2) is 11.5 Å². The average Bonchev–Trinajstić information content (AvgIpc) is 3.16. The predicted molar refractivity (Wildman–Crippen MR) is 86.4 cm³/mol. The van der Waals surface area contributed by atoms with Crippen LogP contribution in [0.25, 0.3) is 21.9 Å². The van der Waals surface area contributed by atoms with Crippen LogP contribution in [0.1, 0.15) is 12.8 Å². The zero-order chi connectivity index (χ0) is 14.1. The average molecular weight is 298 g/mol. The molecule has 0 saturated carbocycles. The summed E-state index contributed by atoms with van der Waals surface area (Å²) in [6.07, 6.45) is 4.40. The fraction of sp³-hybridized carbons (Fsp3) is 0.375. The van der Waals surface area contributed by atoms with E-state index in [9.17, 15) is 0 Å². The van der Waals surface area contributed by atoms with Gasteiger partial charge in [0.2, 0.25) is 0 Å². The molecule has 21 heavy (non-hydrogen) atoms. The van der Waals surface area contributed by atoms with Crippen LogP contribution in [0.2, 0.25) is 0 Å². The van der Waals surface area contributed by atoms with E-state index >= 15 is 0 Å². The molecule has 4 rings (SSSR count). The molecule has 4 nitrogen and oxygen atoms in total. The first-order chi connectivity index (χ1) is 10.4. The number of thiophene rings is 1. The number of piperidine rings is 1. The van der Waals surface area contributed by atoms with Crippen LogP contribution in [-0.2, 0) is 6.54 Å². The Labute approximate surface area is 127 Å². The van der Waals surface area contributed by atoms with Crippen molar-refractivity contribution in [2.45, 2.75) is 19.4 Å². The molecule has 0 spiro atoms. The standard InChI is InChI=1S/C16H18N4S/c1-4-12(10-17-7-1)11-20-15-13(5-2-8-18-15)19-16(20)14-6-3-9-21-14/h2-3,5-6,8-9,12,17H,1,4,7,10-11H2. The zero-order valence-electron chi connectivity index (χ0n) is 11.8. The molecule has 0 radical (unpaired) electrons. The third-order valence-electron chi connectivity index (χ3n) is 4.09. The summed E-state index contributed by atoms with van der Waals surface area (Å²) in [5.41, 5.74) is 2.00. The van der Waals surface area contributed by atoms with Crippen LogP contribution < -0.4 is 5.32 Å². The Bertz CT molecular complexity index is 726. The van der Waals surface area contributed by atoms with Crippen molar-refractivity contribution in [3.63, 3.8) is 0 Å². The van der Waals surface area contributed by atoms with E-state index in [0.29, 0.717) is 5.92 Å². The van der Waals surface area contributed by atoms with Gasteiger partial charge in [0.1, 0.15) is 5.52 Å². The molecule has 1 aliphatic rings. The molecule has 3 aromatic heterocycles. The minimum Gasteiger partial charge on any atom is -0.316 e. The number of fused-ring (bicyclic) bond motifs is 1. The van der Waals surface area contributed by atoms with Crippen LogP contribution in [0.4, 0.5) is 0 Å². The van der Waals surface area contributed by atoms with Crippen LogP contribution in [0, 0.1) is 5.92 Å². The van der Waals surface area contributed by atoms with Gasteiger partial charge in [-0.1, -0.05) is 6.07 Å². The van der Waals surface area contributed by atoms with Gasteiger partial charge in [-0.05, 0) is 55.4 Å². The Kier molecular flexibility index (Phi) is 3.45. The molecule has 0 bridgehead atoms. The molecule has 3 aromatic rings. The van der Waals surface area contributed by atoms with E-state index in [1.165, 1.54) is 17.7 Å². The van der Waals surface area contributed by atoms with Gasteiger partial charge in [0, 0.05) is 12.7 Å². The molecule has 108 valence electrons. The minimum absolute atomic E-state index is 0.664. The number of nitrogens with zero attached hydrogens (tertiary/aromatic N) is 3. The lowest BCUT2D eigenvalue weighted by Gasteiger charge is -2.23. The Hall–Kier alpha value is -1.72. The zero-order valence-corrected chi connectivity index (χ0v) is 12.6. The summed E-state index contributed by atoms with van der Waals surface area (Å²) in [5.74, 6) is 1.72. The summed E-state index contributed by atoms with van der Waals surface area (Å²) in [6.45, 7) is 3.24. The molecule has 0 amide bonds. The van der Waals surface area contributed by atoms with Gasteiger partial charge >= 0.3 is 0 Å². The normalized spacial score (nSPS) is 19.1. The van der Waals surface area contributed by atoms with Crippen LogP contribution >= 0.6 is 11.3 Å². The molecule has 0 aliphatic carbocycles. The quantitative estimate of drug-likeness (QED) is 0.807. The molecule has 1 aliphatic heterocycles. The topological polar surface area (TPSA) is 42.7 Å². The van der Waals surface area contributed by atoms with Gasteiger partial charge in [0.05, 0.1) is 4.88 Å². The third-order valence-corrected chi connectivity index (χ3v) is 4.95. The van der Waals surface area contributed by atoms with E-state index in [0.717, 1.165) is 36.6 Å². The van der Waals surface area contributed by atoms with Crippen molar-refractivity contribution < 1.29 is 0 Å². The number of aromatic nitrogens is 3. The van der Waals surface area contributed by atoms with Crippen molar-refractivity contribution in [2.75, 3.05) is 13.1 Å². The van der Waals surface area contributed by atoms with Crippen molar-refractivity contribution in [3.8, 4) is 10.7 Å². The third kappa shape index (κ3) is 2.47. The van der Waals surface area contributed by atoms with Crippen molar-refractivity contribution >= 4 is 22.5 Å². The number of pyridine rings is 1. The summed E-state index contributed by atoms with van der Waals surface area (Å²) in [6, 6.07) is 8.23. The van der Waals surface area contributed by atoms with Crippen molar-refractivity contribution in [2.24, 2.45) is 5.92 Å². The first-order valence-electron chi connectivity index (χ1n) is 7.47. The summed E-state index contributed by atoms with van der Waals surface area (Å²) in [7, 11) is 0. The fourth-order valence-electron chi connectivity index (χ4n) is 3.06. The summed E-state index contributed by atoms with van der Waals surface area (Å²) < 4.78 is 2.30. The second-order valence-corrected chi connectivity index (χ2v) is 6.53. The van der Waals surface area contributed by atoms with Crippen LogP contribution in [0.5, 0.6) is 0 Å². The van der Waals surface area contributed by atoms with Gasteiger partial charge in [-0.15, -0.1) is 11.3 Å². The monoisotopic (exact) mass is 298 g/mol. The fourth-order valence-corrected chi connectivity index (χ4v) is 3.79. The highest BCUT2D eigenvalue weighted by atomic mass is 32.1.